The molecule has 3 rings (SSSR count). The van der Waals surface area contributed by atoms with Crippen LogP contribution in [0.2, 0.25) is 0 Å². The van der Waals surface area contributed by atoms with E-state index in [1.165, 1.54) is 0 Å². The summed E-state index contributed by atoms with van der Waals surface area (Å²) in [5.74, 6) is -0.524. The number of aliphatic hydroxyl groups is 1. The molecule has 0 aliphatic heterocycles. The number of carbonyl (C=O) groups is 1. The van der Waals surface area contributed by atoms with Crippen LogP contribution in [0.5, 0.6) is 0 Å². The number of nitrogens with zero attached hydrogens (tertiary/aromatic N) is 2. The Labute approximate surface area is 133 Å². The molecule has 0 aliphatic carbocycles. The second kappa shape index (κ2) is 6.18. The highest BCUT2D eigenvalue weighted by molar-refractivity contribution is 6.01. The van der Waals surface area contributed by atoms with E-state index in [1.54, 1.807) is 6.92 Å². The number of esters is 1. The lowest BCUT2D eigenvalue weighted by Crippen LogP contribution is -2.11. The summed E-state index contributed by atoms with van der Waals surface area (Å²) in [5, 5.41) is 17.6. The van der Waals surface area contributed by atoms with Crippen molar-refractivity contribution in [2.45, 2.75) is 20.5 Å². The van der Waals surface area contributed by atoms with Gasteiger partial charge in [0.05, 0.1) is 13.2 Å². The summed E-state index contributed by atoms with van der Waals surface area (Å²) >= 11 is 0. The minimum absolute atomic E-state index is 0.168. The van der Waals surface area contributed by atoms with E-state index >= 15 is 0 Å². The van der Waals surface area contributed by atoms with Crippen LogP contribution in [0.4, 0.5) is 0 Å². The van der Waals surface area contributed by atoms with Gasteiger partial charge in [0.15, 0.2) is 11.3 Å². The molecule has 0 aliphatic rings. The van der Waals surface area contributed by atoms with Crippen molar-refractivity contribution < 1.29 is 14.6 Å². The molecule has 1 aromatic carbocycles. The van der Waals surface area contributed by atoms with Gasteiger partial charge in [0.1, 0.15) is 0 Å². The number of aryl methyl sites for hydroxylation is 1. The van der Waals surface area contributed by atoms with Gasteiger partial charge in [0.25, 0.3) is 0 Å². The zero-order valence-corrected chi connectivity index (χ0v) is 13.0. The van der Waals surface area contributed by atoms with Crippen LogP contribution in [0.15, 0.2) is 30.3 Å². The van der Waals surface area contributed by atoms with Crippen molar-refractivity contribution in [2.24, 2.45) is 0 Å². The predicted molar refractivity (Wildman–Crippen MR) is 85.9 cm³/mol. The van der Waals surface area contributed by atoms with Crippen LogP contribution in [-0.4, -0.2) is 32.9 Å². The molecular formula is C17H17N3O3. The third-order valence-corrected chi connectivity index (χ3v) is 3.68. The predicted octanol–water partition coefficient (Wildman–Crippen LogP) is 2.60. The van der Waals surface area contributed by atoms with Crippen LogP contribution in [0, 0.1) is 6.92 Å². The van der Waals surface area contributed by atoms with Crippen molar-refractivity contribution in [3.05, 3.63) is 47.3 Å². The number of fused-ring (bicyclic) bond motifs is 1. The lowest BCUT2D eigenvalue weighted by Gasteiger charge is -2.13. The van der Waals surface area contributed by atoms with Gasteiger partial charge in [-0.2, -0.15) is 5.10 Å². The number of H-pyrrole nitrogens is 1. The number of hydrogen-bond donors (Lipinski definition) is 2. The molecule has 0 unspecified atom stereocenters. The molecule has 0 radical (unpaired) electrons. The van der Waals surface area contributed by atoms with Crippen molar-refractivity contribution >= 4 is 17.0 Å². The third kappa shape index (κ3) is 2.57. The first-order chi connectivity index (χ1) is 11.2. The fraction of sp³-hybridized carbons (Fsp3) is 0.235. The average Bonchev–Trinajstić information content (AvgIpc) is 2.95. The van der Waals surface area contributed by atoms with Gasteiger partial charge in [-0.3, -0.25) is 5.10 Å². The molecule has 6 heteroatoms. The second-order valence-corrected chi connectivity index (χ2v) is 5.11. The lowest BCUT2D eigenvalue weighted by atomic mass is 9.95. The third-order valence-electron chi connectivity index (χ3n) is 3.68. The Hall–Kier alpha value is -2.73. The van der Waals surface area contributed by atoms with E-state index in [4.69, 9.17) is 4.74 Å². The molecule has 2 N–H and O–H groups in total. The molecule has 23 heavy (non-hydrogen) atoms. The molecule has 0 spiro atoms. The Morgan fingerprint density at radius 2 is 2.04 bits per heavy atom. The van der Waals surface area contributed by atoms with Crippen LogP contribution in [0.1, 0.15) is 28.7 Å². The van der Waals surface area contributed by atoms with Crippen LogP contribution in [-0.2, 0) is 11.3 Å². The highest BCUT2D eigenvalue weighted by atomic mass is 16.5. The van der Waals surface area contributed by atoms with Crippen LogP contribution >= 0.6 is 0 Å². The number of hydrogen-bond acceptors (Lipinski definition) is 5. The van der Waals surface area contributed by atoms with Gasteiger partial charge in [0, 0.05) is 22.2 Å². The normalized spacial score (nSPS) is 10.9. The first-order valence-electron chi connectivity index (χ1n) is 7.38. The van der Waals surface area contributed by atoms with Crippen molar-refractivity contribution in [2.75, 3.05) is 6.61 Å². The van der Waals surface area contributed by atoms with Crippen LogP contribution < -0.4 is 0 Å². The van der Waals surface area contributed by atoms with Gasteiger partial charge >= 0.3 is 5.97 Å². The molecule has 2 aromatic heterocycles. The minimum Gasteiger partial charge on any atom is -0.461 e. The van der Waals surface area contributed by atoms with Gasteiger partial charge in [-0.25, -0.2) is 9.78 Å². The number of ether oxygens (including phenoxy) is 1. The standard InChI is InChI=1S/C17H17N3O3/c1-3-23-17(22)15-14(11-7-5-4-6-8-11)12(9-21)13-10(2)19-20-16(13)18-15/h4-8,21H,3,9H2,1-2H3,(H,18,19,20). The van der Waals surface area contributed by atoms with Crippen molar-refractivity contribution in [1.82, 2.24) is 15.2 Å². The summed E-state index contributed by atoms with van der Waals surface area (Å²) in [6, 6.07) is 9.39. The molecule has 118 valence electrons. The molecule has 6 nitrogen and oxygen atoms in total. The topological polar surface area (TPSA) is 88.1 Å². The summed E-state index contributed by atoms with van der Waals surface area (Å²) in [5.41, 5.74) is 3.37. The average molecular weight is 311 g/mol. The summed E-state index contributed by atoms with van der Waals surface area (Å²) in [6.45, 7) is 3.62. The molecule has 0 saturated carbocycles. The fourth-order valence-electron chi connectivity index (χ4n) is 2.71. The number of nitrogens with one attached hydrogen (secondary N) is 1. The molecule has 0 saturated heterocycles. The SMILES string of the molecule is CCOC(=O)c1nc2n[nH]c(C)c2c(CO)c1-c1ccccc1. The van der Waals surface area contributed by atoms with Crippen molar-refractivity contribution in [1.29, 1.82) is 0 Å². The summed E-state index contributed by atoms with van der Waals surface area (Å²) in [4.78, 5) is 16.7. The maximum atomic E-state index is 12.4. The lowest BCUT2D eigenvalue weighted by molar-refractivity contribution is 0.0520. The van der Waals surface area contributed by atoms with Gasteiger partial charge in [-0.15, -0.1) is 0 Å². The van der Waals surface area contributed by atoms with E-state index in [0.717, 1.165) is 16.6 Å². The van der Waals surface area contributed by atoms with Crippen molar-refractivity contribution in [3.63, 3.8) is 0 Å². The maximum absolute atomic E-state index is 12.4. The Balaban J connectivity index is 2.38. The summed E-state index contributed by atoms with van der Waals surface area (Å²) in [7, 11) is 0. The quantitative estimate of drug-likeness (QED) is 0.723. The Morgan fingerprint density at radius 3 is 2.70 bits per heavy atom. The monoisotopic (exact) mass is 311 g/mol. The second-order valence-electron chi connectivity index (χ2n) is 5.11. The molecule has 0 fully saturated rings. The number of carbonyl (C=O) groups excluding carboxylic acids is 1. The van der Waals surface area contributed by atoms with Crippen LogP contribution in [0.25, 0.3) is 22.2 Å². The summed E-state index contributed by atoms with van der Waals surface area (Å²) < 4.78 is 5.12. The maximum Gasteiger partial charge on any atom is 0.357 e. The highest BCUT2D eigenvalue weighted by Crippen LogP contribution is 2.33. The molecule has 2 heterocycles. The molecule has 0 atom stereocenters. The van der Waals surface area contributed by atoms with E-state index in [1.807, 2.05) is 37.3 Å². The van der Waals surface area contributed by atoms with E-state index in [9.17, 15) is 9.90 Å². The fourth-order valence-corrected chi connectivity index (χ4v) is 2.71. The van der Waals surface area contributed by atoms with Crippen LogP contribution in [0.3, 0.4) is 0 Å². The number of aliphatic hydroxyl groups excluding tert-OH is 1. The number of aromatic amines is 1. The van der Waals surface area contributed by atoms with E-state index in [2.05, 4.69) is 15.2 Å². The molecular weight excluding hydrogens is 294 g/mol. The minimum atomic E-state index is -0.524. The smallest absolute Gasteiger partial charge is 0.357 e. The Morgan fingerprint density at radius 1 is 1.30 bits per heavy atom. The molecule has 0 amide bonds. The van der Waals surface area contributed by atoms with Gasteiger partial charge in [-0.1, -0.05) is 30.3 Å². The molecule has 3 aromatic rings. The highest BCUT2D eigenvalue weighted by Gasteiger charge is 2.24. The van der Waals surface area contributed by atoms with Gasteiger partial charge in [-0.05, 0) is 19.4 Å². The van der Waals surface area contributed by atoms with E-state index in [-0.39, 0.29) is 18.9 Å². The number of benzene rings is 1. The first kappa shape index (κ1) is 15.2. The van der Waals surface area contributed by atoms with Gasteiger partial charge in [0.2, 0.25) is 0 Å². The van der Waals surface area contributed by atoms with Gasteiger partial charge < -0.3 is 9.84 Å². The van der Waals surface area contributed by atoms with E-state index < -0.39 is 5.97 Å². The zero-order valence-electron chi connectivity index (χ0n) is 13.0. The first-order valence-corrected chi connectivity index (χ1v) is 7.38. The van der Waals surface area contributed by atoms with E-state index in [0.29, 0.717) is 16.8 Å². The Bertz CT molecular complexity index is 856. The number of pyridine rings is 1. The zero-order chi connectivity index (χ0) is 16.4. The summed E-state index contributed by atoms with van der Waals surface area (Å²) in [6.07, 6.45) is 0. The van der Waals surface area contributed by atoms with Crippen molar-refractivity contribution in [3.8, 4) is 11.1 Å². The molecule has 0 bridgehead atoms. The largest absolute Gasteiger partial charge is 0.461 e. The number of rotatable bonds is 4. The Kier molecular flexibility index (Phi) is 4.08. The number of aromatic nitrogens is 3.